The summed E-state index contributed by atoms with van der Waals surface area (Å²) in [6, 6.07) is 29.2. The third-order valence-corrected chi connectivity index (χ3v) is 5.92. The average Bonchev–Trinajstić information content (AvgIpc) is 2.91. The first-order valence-electron chi connectivity index (χ1n) is 12.0. The Labute approximate surface area is 211 Å². The van der Waals surface area contributed by atoms with Gasteiger partial charge in [0.05, 0.1) is 19.8 Å². The zero-order chi connectivity index (χ0) is 25.2. The summed E-state index contributed by atoms with van der Waals surface area (Å²) in [4.78, 5) is 11.5. The van der Waals surface area contributed by atoms with Gasteiger partial charge in [0.25, 0.3) is 0 Å². The van der Waals surface area contributed by atoms with Crippen LogP contribution in [-0.2, 0) is 48.3 Å². The number of carbonyl (C=O) groups excluding carboxylic acids is 1. The zero-order valence-electron chi connectivity index (χ0n) is 20.3. The number of hydrogen-bond acceptors (Lipinski definition) is 7. The number of rotatable bonds is 11. The Morgan fingerprint density at radius 3 is 1.56 bits per heavy atom. The van der Waals surface area contributed by atoms with E-state index < -0.39 is 36.7 Å². The Balaban J connectivity index is 1.57. The van der Waals surface area contributed by atoms with E-state index in [-0.39, 0.29) is 26.4 Å². The topological polar surface area (TPSA) is 83.5 Å². The molecule has 3 aromatic rings. The standard InChI is InChI=1S/C29H32O7/c1-21(30)32-20-25-26(33-17-22-11-5-2-6-12-22)27(34-18-23-13-7-3-8-14-23)28(29(31)36-25)35-19-24-15-9-4-10-16-24/h2-16,25-29,31H,17-20H2,1H3/t25?,26-,27+,28?,29-/m0/s1. The molecule has 3 aromatic carbocycles. The van der Waals surface area contributed by atoms with Gasteiger partial charge in [-0.15, -0.1) is 0 Å². The van der Waals surface area contributed by atoms with Gasteiger partial charge in [-0.25, -0.2) is 0 Å². The van der Waals surface area contributed by atoms with Crippen molar-refractivity contribution in [3.8, 4) is 0 Å². The van der Waals surface area contributed by atoms with Crippen LogP contribution in [0.2, 0.25) is 0 Å². The van der Waals surface area contributed by atoms with Gasteiger partial charge in [-0.3, -0.25) is 4.79 Å². The lowest BCUT2D eigenvalue weighted by Gasteiger charge is -2.44. The van der Waals surface area contributed by atoms with Gasteiger partial charge in [0, 0.05) is 6.92 Å². The molecule has 0 bridgehead atoms. The minimum absolute atomic E-state index is 0.0809. The molecule has 4 rings (SSSR count). The number of benzene rings is 3. The maximum absolute atomic E-state index is 11.5. The highest BCUT2D eigenvalue weighted by Crippen LogP contribution is 2.30. The van der Waals surface area contributed by atoms with Gasteiger partial charge in [-0.2, -0.15) is 0 Å². The second-order valence-electron chi connectivity index (χ2n) is 8.65. The normalized spacial score (nSPS) is 23.8. The van der Waals surface area contributed by atoms with Crippen LogP contribution in [0.15, 0.2) is 91.0 Å². The fourth-order valence-corrected chi connectivity index (χ4v) is 4.10. The van der Waals surface area contributed by atoms with Gasteiger partial charge >= 0.3 is 5.97 Å². The predicted molar refractivity (Wildman–Crippen MR) is 133 cm³/mol. The minimum atomic E-state index is -1.30. The second-order valence-corrected chi connectivity index (χ2v) is 8.65. The van der Waals surface area contributed by atoms with Gasteiger partial charge in [0.15, 0.2) is 6.29 Å². The van der Waals surface area contributed by atoms with Crippen molar-refractivity contribution in [3.63, 3.8) is 0 Å². The molecule has 7 nitrogen and oxygen atoms in total. The van der Waals surface area contributed by atoms with E-state index >= 15 is 0 Å². The molecule has 1 aliphatic rings. The Morgan fingerprint density at radius 2 is 1.11 bits per heavy atom. The average molecular weight is 493 g/mol. The summed E-state index contributed by atoms with van der Waals surface area (Å²) in [6.07, 6.45) is -4.24. The number of aliphatic hydroxyl groups is 1. The van der Waals surface area contributed by atoms with E-state index in [4.69, 9.17) is 23.7 Å². The van der Waals surface area contributed by atoms with Crippen molar-refractivity contribution < 1.29 is 33.6 Å². The maximum atomic E-state index is 11.5. The molecule has 0 spiro atoms. The molecule has 0 amide bonds. The van der Waals surface area contributed by atoms with Crippen molar-refractivity contribution in [1.82, 2.24) is 0 Å². The Kier molecular flexibility index (Phi) is 9.61. The molecule has 190 valence electrons. The molecule has 1 saturated heterocycles. The molecule has 7 heteroatoms. The van der Waals surface area contributed by atoms with Gasteiger partial charge < -0.3 is 28.8 Å². The van der Waals surface area contributed by atoms with E-state index in [1.54, 1.807) is 0 Å². The summed E-state index contributed by atoms with van der Waals surface area (Å²) in [6.45, 7) is 2.08. The molecule has 0 radical (unpaired) electrons. The fraction of sp³-hybridized carbons (Fsp3) is 0.345. The maximum Gasteiger partial charge on any atom is 0.302 e. The van der Waals surface area contributed by atoms with Crippen LogP contribution in [-0.4, -0.2) is 48.4 Å². The summed E-state index contributed by atoms with van der Waals surface area (Å²) >= 11 is 0. The number of carbonyl (C=O) groups is 1. The molecule has 1 aliphatic heterocycles. The highest BCUT2D eigenvalue weighted by Gasteiger charge is 2.48. The fourth-order valence-electron chi connectivity index (χ4n) is 4.10. The molecule has 1 heterocycles. The van der Waals surface area contributed by atoms with E-state index in [2.05, 4.69) is 0 Å². The van der Waals surface area contributed by atoms with Crippen LogP contribution in [0.3, 0.4) is 0 Å². The highest BCUT2D eigenvalue weighted by molar-refractivity contribution is 5.65. The first kappa shape index (κ1) is 26.0. The number of ether oxygens (including phenoxy) is 5. The molecule has 36 heavy (non-hydrogen) atoms. The molecule has 1 fully saturated rings. The number of hydrogen-bond donors (Lipinski definition) is 1. The Bertz CT molecular complexity index is 1040. The molecular formula is C29H32O7. The first-order valence-corrected chi connectivity index (χ1v) is 12.0. The molecule has 1 N–H and O–H groups in total. The van der Waals surface area contributed by atoms with Gasteiger partial charge in [0.1, 0.15) is 31.0 Å². The molecule has 0 aromatic heterocycles. The summed E-state index contributed by atoms with van der Waals surface area (Å²) in [7, 11) is 0. The van der Waals surface area contributed by atoms with E-state index in [9.17, 15) is 9.90 Å². The molecule has 0 aliphatic carbocycles. The number of aliphatic hydroxyl groups excluding tert-OH is 1. The Morgan fingerprint density at radius 1 is 0.694 bits per heavy atom. The van der Waals surface area contributed by atoms with Crippen molar-refractivity contribution in [2.24, 2.45) is 0 Å². The second kappa shape index (κ2) is 13.3. The Hall–Kier alpha value is -3.07. The van der Waals surface area contributed by atoms with Crippen LogP contribution in [0.25, 0.3) is 0 Å². The smallest absolute Gasteiger partial charge is 0.302 e. The van der Waals surface area contributed by atoms with E-state index in [0.29, 0.717) is 0 Å². The van der Waals surface area contributed by atoms with Crippen molar-refractivity contribution in [3.05, 3.63) is 108 Å². The van der Waals surface area contributed by atoms with Crippen LogP contribution in [0.5, 0.6) is 0 Å². The van der Waals surface area contributed by atoms with Crippen LogP contribution in [0.4, 0.5) is 0 Å². The summed E-state index contributed by atoms with van der Waals surface area (Å²) in [5.74, 6) is -0.445. The van der Waals surface area contributed by atoms with E-state index in [1.165, 1.54) is 6.92 Å². The van der Waals surface area contributed by atoms with Crippen LogP contribution in [0, 0.1) is 0 Å². The van der Waals surface area contributed by atoms with Crippen LogP contribution in [0.1, 0.15) is 23.6 Å². The van der Waals surface area contributed by atoms with Crippen molar-refractivity contribution >= 4 is 5.97 Å². The molecule has 0 saturated carbocycles. The third-order valence-electron chi connectivity index (χ3n) is 5.92. The van der Waals surface area contributed by atoms with Crippen molar-refractivity contribution in [1.29, 1.82) is 0 Å². The molecule has 2 unspecified atom stereocenters. The van der Waals surface area contributed by atoms with Gasteiger partial charge in [-0.1, -0.05) is 91.0 Å². The van der Waals surface area contributed by atoms with Crippen molar-refractivity contribution in [2.45, 2.75) is 57.5 Å². The van der Waals surface area contributed by atoms with Gasteiger partial charge in [0.2, 0.25) is 0 Å². The molecule has 5 atom stereocenters. The quantitative estimate of drug-likeness (QED) is 0.405. The minimum Gasteiger partial charge on any atom is -0.463 e. The highest BCUT2D eigenvalue weighted by atomic mass is 16.7. The lowest BCUT2D eigenvalue weighted by Crippen LogP contribution is -2.61. The summed E-state index contributed by atoms with van der Waals surface area (Å²) < 4.78 is 29.9. The largest absolute Gasteiger partial charge is 0.463 e. The summed E-state index contributed by atoms with van der Waals surface area (Å²) in [5, 5.41) is 10.9. The predicted octanol–water partition coefficient (Wildman–Crippen LogP) is 4.02. The number of esters is 1. The lowest BCUT2D eigenvalue weighted by molar-refractivity contribution is -0.315. The monoisotopic (exact) mass is 492 g/mol. The summed E-state index contributed by atoms with van der Waals surface area (Å²) in [5.41, 5.74) is 2.90. The molecular weight excluding hydrogens is 460 g/mol. The van der Waals surface area contributed by atoms with Gasteiger partial charge in [-0.05, 0) is 16.7 Å². The van der Waals surface area contributed by atoms with E-state index in [1.807, 2.05) is 91.0 Å². The van der Waals surface area contributed by atoms with Crippen LogP contribution >= 0.6 is 0 Å². The third kappa shape index (κ3) is 7.46. The van der Waals surface area contributed by atoms with Crippen LogP contribution < -0.4 is 0 Å². The zero-order valence-corrected chi connectivity index (χ0v) is 20.3. The lowest BCUT2D eigenvalue weighted by atomic mass is 9.98. The first-order chi connectivity index (χ1) is 17.6. The van der Waals surface area contributed by atoms with E-state index in [0.717, 1.165) is 16.7 Å². The van der Waals surface area contributed by atoms with Crippen molar-refractivity contribution in [2.75, 3.05) is 6.61 Å². The SMILES string of the molecule is CC(=O)OCC1O[C@H](O)C(OCc2ccccc2)[C@H](OCc2ccccc2)[C@H]1OCc1ccccc1.